The molecule has 0 radical (unpaired) electrons. The van der Waals surface area contributed by atoms with E-state index in [-0.39, 0.29) is 0 Å². The van der Waals surface area contributed by atoms with Crippen molar-refractivity contribution in [2.45, 2.75) is 33.6 Å². The first kappa shape index (κ1) is 23.8. The van der Waals surface area contributed by atoms with E-state index in [0.717, 1.165) is 23.7 Å². The number of benzene rings is 2. The van der Waals surface area contributed by atoms with Crippen molar-refractivity contribution in [3.63, 3.8) is 0 Å². The van der Waals surface area contributed by atoms with Crippen LogP contribution in [0.3, 0.4) is 0 Å². The van der Waals surface area contributed by atoms with Gasteiger partial charge < -0.3 is 4.57 Å². The SMILES string of the molecule is C=C/C=C\c1c(C)cc2c(c1C(/C=C\CP(=O)(/C=C/C)c1ccccc1)=C/C)C=CCC2. The highest BCUT2D eigenvalue weighted by Gasteiger charge is 2.20. The minimum Gasteiger partial charge on any atom is -0.314 e. The highest BCUT2D eigenvalue weighted by molar-refractivity contribution is 7.74. The number of hydrogen-bond acceptors (Lipinski definition) is 1. The fourth-order valence-corrected chi connectivity index (χ4v) is 6.36. The van der Waals surface area contributed by atoms with E-state index in [0.29, 0.717) is 6.16 Å². The van der Waals surface area contributed by atoms with Gasteiger partial charge in [0.15, 0.2) is 0 Å². The Kier molecular flexibility index (Phi) is 8.26. The third kappa shape index (κ3) is 5.29. The van der Waals surface area contributed by atoms with Gasteiger partial charge in [0, 0.05) is 11.5 Å². The molecule has 0 saturated heterocycles. The molecule has 0 aliphatic heterocycles. The van der Waals surface area contributed by atoms with Gasteiger partial charge in [0.05, 0.1) is 0 Å². The Balaban J connectivity index is 2.04. The Morgan fingerprint density at radius 3 is 2.66 bits per heavy atom. The van der Waals surface area contributed by atoms with Gasteiger partial charge in [-0.3, -0.25) is 0 Å². The molecule has 32 heavy (non-hydrogen) atoms. The van der Waals surface area contributed by atoms with Crippen LogP contribution in [0.1, 0.15) is 48.1 Å². The van der Waals surface area contributed by atoms with Gasteiger partial charge >= 0.3 is 0 Å². The zero-order valence-electron chi connectivity index (χ0n) is 19.4. The van der Waals surface area contributed by atoms with E-state index < -0.39 is 7.14 Å². The topological polar surface area (TPSA) is 17.1 Å². The van der Waals surface area contributed by atoms with Gasteiger partial charge in [-0.15, -0.1) is 0 Å². The monoisotopic (exact) mass is 440 g/mol. The predicted molar refractivity (Wildman–Crippen MR) is 144 cm³/mol. The summed E-state index contributed by atoms with van der Waals surface area (Å²) in [5.74, 6) is 1.87. The molecule has 1 nitrogen and oxygen atoms in total. The number of allylic oxidation sites excluding steroid dienone is 8. The normalized spacial score (nSPS) is 16.0. The largest absolute Gasteiger partial charge is 0.314 e. The summed E-state index contributed by atoms with van der Waals surface area (Å²) in [5.41, 5.74) is 7.57. The standard InChI is InChI=1S/C30H33OP/c1-5-8-19-28-24(4)23-26-15-12-13-20-29(26)30(28)25(7-3)16-14-22-32(31,21-6-2)27-17-10-9-11-18-27/h5-11,13-14,16-21,23H,1,12,15,22H2,2-4H3/b16-14-,19-8-,21-6+,25-7+. The molecular weight excluding hydrogens is 407 g/mol. The Hall–Kier alpha value is -2.89. The van der Waals surface area contributed by atoms with Crippen molar-refractivity contribution in [2.75, 3.05) is 6.16 Å². The summed E-state index contributed by atoms with van der Waals surface area (Å²) in [5, 5.41) is 0.898. The van der Waals surface area contributed by atoms with Crippen LogP contribution < -0.4 is 5.30 Å². The van der Waals surface area contributed by atoms with Crippen molar-refractivity contribution >= 4 is 30.2 Å². The molecular formula is C30H33OP. The predicted octanol–water partition coefficient (Wildman–Crippen LogP) is 8.34. The molecule has 0 bridgehead atoms. The van der Waals surface area contributed by atoms with E-state index in [1.54, 1.807) is 0 Å². The Morgan fingerprint density at radius 1 is 1.19 bits per heavy atom. The molecule has 0 fully saturated rings. The maximum absolute atomic E-state index is 13.7. The molecule has 0 saturated carbocycles. The van der Waals surface area contributed by atoms with E-state index >= 15 is 0 Å². The minimum absolute atomic E-state index is 0.500. The minimum atomic E-state index is -2.63. The number of hydrogen-bond donors (Lipinski definition) is 0. The second-order valence-corrected chi connectivity index (χ2v) is 10.8. The van der Waals surface area contributed by atoms with Crippen molar-refractivity contribution in [1.29, 1.82) is 0 Å². The Morgan fingerprint density at radius 2 is 1.97 bits per heavy atom. The zero-order valence-corrected chi connectivity index (χ0v) is 20.3. The lowest BCUT2D eigenvalue weighted by Gasteiger charge is -2.21. The summed E-state index contributed by atoms with van der Waals surface area (Å²) >= 11 is 0. The third-order valence-corrected chi connectivity index (χ3v) is 8.53. The van der Waals surface area contributed by atoms with Gasteiger partial charge in [-0.1, -0.05) is 97.7 Å². The number of rotatable bonds is 8. The summed E-state index contributed by atoms with van der Waals surface area (Å²) < 4.78 is 13.7. The summed E-state index contributed by atoms with van der Waals surface area (Å²) in [6.07, 6.45) is 21.4. The maximum atomic E-state index is 13.7. The fraction of sp³-hybridized carbons (Fsp3) is 0.200. The molecule has 0 aromatic heterocycles. The fourth-order valence-electron chi connectivity index (χ4n) is 4.28. The van der Waals surface area contributed by atoms with Gasteiger partial charge in [-0.2, -0.15) is 0 Å². The van der Waals surface area contributed by atoms with E-state index in [9.17, 15) is 4.57 Å². The van der Waals surface area contributed by atoms with Crippen molar-refractivity contribution in [3.8, 4) is 0 Å². The average molecular weight is 441 g/mol. The number of aryl methyl sites for hydroxylation is 2. The molecule has 1 aliphatic rings. The van der Waals surface area contributed by atoms with Crippen LogP contribution in [-0.2, 0) is 11.0 Å². The van der Waals surface area contributed by atoms with Gasteiger partial charge in [0.1, 0.15) is 7.14 Å². The van der Waals surface area contributed by atoms with E-state index in [2.05, 4.69) is 62.9 Å². The second kappa shape index (κ2) is 11.1. The van der Waals surface area contributed by atoms with E-state index in [1.165, 1.54) is 27.8 Å². The first-order valence-corrected chi connectivity index (χ1v) is 13.2. The lowest BCUT2D eigenvalue weighted by atomic mass is 9.83. The number of fused-ring (bicyclic) bond motifs is 1. The lowest BCUT2D eigenvalue weighted by Crippen LogP contribution is -2.05. The van der Waals surface area contributed by atoms with Crippen LogP contribution in [0.25, 0.3) is 17.7 Å². The summed E-state index contributed by atoms with van der Waals surface area (Å²) in [6, 6.07) is 12.1. The van der Waals surface area contributed by atoms with Crippen LogP contribution in [0.2, 0.25) is 0 Å². The molecule has 0 spiro atoms. The molecule has 0 heterocycles. The zero-order chi connectivity index (χ0) is 23.0. The first-order valence-electron chi connectivity index (χ1n) is 11.3. The first-order chi connectivity index (χ1) is 15.5. The lowest BCUT2D eigenvalue weighted by molar-refractivity contribution is 0.588. The third-order valence-electron chi connectivity index (χ3n) is 5.82. The Bertz CT molecular complexity index is 1160. The molecule has 164 valence electrons. The van der Waals surface area contributed by atoms with Crippen LogP contribution in [0, 0.1) is 6.92 Å². The molecule has 1 atom stereocenters. The second-order valence-electron chi connectivity index (χ2n) is 8.03. The summed E-state index contributed by atoms with van der Waals surface area (Å²) in [7, 11) is -2.63. The molecule has 2 aromatic rings. The van der Waals surface area contributed by atoms with Gasteiger partial charge in [-0.05, 0) is 72.8 Å². The van der Waals surface area contributed by atoms with Crippen molar-refractivity contribution in [1.82, 2.24) is 0 Å². The summed E-state index contributed by atoms with van der Waals surface area (Å²) in [6.45, 7) is 10.0. The van der Waals surface area contributed by atoms with Gasteiger partial charge in [0.2, 0.25) is 0 Å². The van der Waals surface area contributed by atoms with E-state index in [1.807, 2.05) is 61.3 Å². The van der Waals surface area contributed by atoms with Crippen LogP contribution in [0.4, 0.5) is 0 Å². The van der Waals surface area contributed by atoms with Gasteiger partial charge in [0.25, 0.3) is 0 Å². The van der Waals surface area contributed by atoms with Crippen molar-refractivity contribution in [2.24, 2.45) is 0 Å². The van der Waals surface area contributed by atoms with Crippen LogP contribution >= 0.6 is 7.14 Å². The molecule has 1 unspecified atom stereocenters. The molecule has 3 rings (SSSR count). The molecule has 0 N–H and O–H groups in total. The molecule has 2 aromatic carbocycles. The Labute approximate surface area is 193 Å². The average Bonchev–Trinajstić information content (AvgIpc) is 2.81. The van der Waals surface area contributed by atoms with Gasteiger partial charge in [-0.25, -0.2) is 0 Å². The van der Waals surface area contributed by atoms with Crippen molar-refractivity contribution < 1.29 is 4.57 Å². The summed E-state index contributed by atoms with van der Waals surface area (Å²) in [4.78, 5) is 0. The van der Waals surface area contributed by atoms with Crippen LogP contribution in [-0.4, -0.2) is 6.16 Å². The highest BCUT2D eigenvalue weighted by atomic mass is 31.2. The molecule has 0 amide bonds. The smallest absolute Gasteiger partial charge is 0.139 e. The molecule has 2 heteroatoms. The highest BCUT2D eigenvalue weighted by Crippen LogP contribution is 2.46. The van der Waals surface area contributed by atoms with E-state index in [4.69, 9.17) is 0 Å². The quantitative estimate of drug-likeness (QED) is 0.298. The van der Waals surface area contributed by atoms with Crippen LogP contribution in [0.15, 0.2) is 91.3 Å². The van der Waals surface area contributed by atoms with Crippen LogP contribution in [0.5, 0.6) is 0 Å². The van der Waals surface area contributed by atoms with Crippen molar-refractivity contribution in [3.05, 3.63) is 119 Å². The molecule has 1 aliphatic carbocycles. The maximum Gasteiger partial charge on any atom is 0.139 e.